The first-order chi connectivity index (χ1) is 6.09. The zero-order valence-corrected chi connectivity index (χ0v) is 7.32. The van der Waals surface area contributed by atoms with E-state index in [2.05, 4.69) is 9.97 Å². The molecule has 0 aliphatic heterocycles. The Morgan fingerprint density at radius 3 is 2.85 bits per heavy atom. The predicted octanol–water partition coefficient (Wildman–Crippen LogP) is 1.18. The van der Waals surface area contributed by atoms with Gasteiger partial charge in [0.1, 0.15) is 0 Å². The Balaban J connectivity index is 2.77. The predicted molar refractivity (Wildman–Crippen MR) is 42.5 cm³/mol. The highest BCUT2D eigenvalue weighted by atomic mass is 19.1. The van der Waals surface area contributed by atoms with Crippen molar-refractivity contribution in [2.24, 2.45) is 0 Å². The molecule has 1 rings (SSSR count). The molecule has 0 radical (unpaired) electrons. The molecule has 1 aromatic heterocycles. The van der Waals surface area contributed by atoms with Crippen LogP contribution in [0.25, 0.3) is 0 Å². The smallest absolute Gasteiger partial charge is 0.376 e. The molecular formula is C8H9FN2O2. The molecule has 0 atom stereocenters. The summed E-state index contributed by atoms with van der Waals surface area (Å²) in [5.41, 5.74) is 0. The fourth-order valence-electron chi connectivity index (χ4n) is 0.702. The van der Waals surface area contributed by atoms with Gasteiger partial charge in [0.25, 0.3) is 0 Å². The molecular weight excluding hydrogens is 175 g/mol. The summed E-state index contributed by atoms with van der Waals surface area (Å²) in [6.07, 6.45) is 0.901. The quantitative estimate of drug-likeness (QED) is 0.511. The molecule has 4 nitrogen and oxygen atoms in total. The molecule has 13 heavy (non-hydrogen) atoms. The summed E-state index contributed by atoms with van der Waals surface area (Å²) in [5, 5.41) is 0. The van der Waals surface area contributed by atoms with Crippen molar-refractivity contribution in [3.8, 4) is 0 Å². The molecule has 0 aliphatic rings. The lowest BCUT2D eigenvalue weighted by Gasteiger charge is -2.05. The summed E-state index contributed by atoms with van der Waals surface area (Å²) in [7, 11) is 0. The number of rotatable bonds is 2. The van der Waals surface area contributed by atoms with Crippen LogP contribution in [-0.4, -0.2) is 22.0 Å². The second kappa shape index (κ2) is 3.93. The van der Waals surface area contributed by atoms with Gasteiger partial charge in [-0.25, -0.2) is 9.78 Å². The maximum absolute atomic E-state index is 12.5. The summed E-state index contributed by atoms with van der Waals surface area (Å²) in [6, 6.07) is 1.06. The number of ether oxygens (including phenoxy) is 1. The first-order valence-corrected chi connectivity index (χ1v) is 3.79. The number of carbonyl (C=O) groups excluding carboxylic acids is 1. The van der Waals surface area contributed by atoms with E-state index in [-0.39, 0.29) is 11.9 Å². The molecule has 0 saturated heterocycles. The van der Waals surface area contributed by atoms with Crippen LogP contribution in [0.5, 0.6) is 0 Å². The van der Waals surface area contributed by atoms with Crippen molar-refractivity contribution in [3.63, 3.8) is 0 Å². The average molecular weight is 184 g/mol. The van der Waals surface area contributed by atoms with E-state index in [1.807, 2.05) is 0 Å². The van der Waals surface area contributed by atoms with E-state index < -0.39 is 11.9 Å². The standard InChI is InChI=1S/C8H9FN2O2/c1-5(2)13-8(12)7-10-4-3-6(9)11-7/h3-5H,1-2H3. The number of esters is 1. The van der Waals surface area contributed by atoms with Crippen LogP contribution in [0, 0.1) is 5.95 Å². The molecule has 5 heteroatoms. The van der Waals surface area contributed by atoms with E-state index in [1.54, 1.807) is 13.8 Å². The normalized spacial score (nSPS) is 10.2. The number of hydrogen-bond acceptors (Lipinski definition) is 4. The van der Waals surface area contributed by atoms with Gasteiger partial charge in [-0.05, 0) is 13.8 Å². The third kappa shape index (κ3) is 2.77. The molecule has 0 N–H and O–H groups in total. The molecule has 0 bridgehead atoms. The van der Waals surface area contributed by atoms with E-state index in [1.165, 1.54) is 6.20 Å². The van der Waals surface area contributed by atoms with E-state index in [0.717, 1.165) is 6.07 Å². The minimum atomic E-state index is -0.745. The Labute approximate surface area is 74.8 Å². The van der Waals surface area contributed by atoms with Gasteiger partial charge in [-0.3, -0.25) is 0 Å². The molecule has 0 saturated carbocycles. The zero-order chi connectivity index (χ0) is 9.84. The average Bonchev–Trinajstić information content (AvgIpc) is 2.03. The number of carbonyl (C=O) groups is 1. The van der Waals surface area contributed by atoms with Crippen molar-refractivity contribution in [1.29, 1.82) is 0 Å². The Bertz CT molecular complexity index is 315. The molecule has 1 heterocycles. The van der Waals surface area contributed by atoms with E-state index in [0.29, 0.717) is 0 Å². The maximum Gasteiger partial charge on any atom is 0.376 e. The fourth-order valence-corrected chi connectivity index (χ4v) is 0.702. The molecule has 1 aromatic rings. The SMILES string of the molecule is CC(C)OC(=O)c1nccc(F)n1. The first kappa shape index (κ1) is 9.57. The lowest BCUT2D eigenvalue weighted by molar-refractivity contribution is 0.0361. The van der Waals surface area contributed by atoms with Crippen molar-refractivity contribution in [2.45, 2.75) is 20.0 Å². The van der Waals surface area contributed by atoms with Crippen LogP contribution >= 0.6 is 0 Å². The second-order valence-electron chi connectivity index (χ2n) is 2.66. The number of hydrogen-bond donors (Lipinski definition) is 0. The summed E-state index contributed by atoms with van der Waals surface area (Å²) in [6.45, 7) is 3.38. The third-order valence-electron chi connectivity index (χ3n) is 1.15. The third-order valence-corrected chi connectivity index (χ3v) is 1.15. The van der Waals surface area contributed by atoms with Crippen LogP contribution in [0.3, 0.4) is 0 Å². The van der Waals surface area contributed by atoms with Crippen molar-refractivity contribution in [1.82, 2.24) is 9.97 Å². The largest absolute Gasteiger partial charge is 0.457 e. The van der Waals surface area contributed by atoms with Crippen molar-refractivity contribution < 1.29 is 13.9 Å². The highest BCUT2D eigenvalue weighted by Crippen LogP contribution is 1.98. The van der Waals surface area contributed by atoms with Gasteiger partial charge in [0.2, 0.25) is 11.8 Å². The fraction of sp³-hybridized carbons (Fsp3) is 0.375. The van der Waals surface area contributed by atoms with Crippen LogP contribution in [0.1, 0.15) is 24.5 Å². The van der Waals surface area contributed by atoms with Crippen LogP contribution < -0.4 is 0 Å². The minimum absolute atomic E-state index is 0.256. The molecule has 0 fully saturated rings. The minimum Gasteiger partial charge on any atom is -0.457 e. The summed E-state index contributed by atoms with van der Waals surface area (Å²) < 4.78 is 17.3. The monoisotopic (exact) mass is 184 g/mol. The summed E-state index contributed by atoms with van der Waals surface area (Å²) in [4.78, 5) is 17.9. The van der Waals surface area contributed by atoms with E-state index in [4.69, 9.17) is 4.74 Å². The highest BCUT2D eigenvalue weighted by molar-refractivity contribution is 5.85. The number of halogens is 1. The van der Waals surface area contributed by atoms with Gasteiger partial charge in [-0.15, -0.1) is 0 Å². The van der Waals surface area contributed by atoms with Crippen LogP contribution in [0.15, 0.2) is 12.3 Å². The van der Waals surface area contributed by atoms with Crippen LogP contribution in [0.4, 0.5) is 4.39 Å². The summed E-state index contributed by atoms with van der Waals surface area (Å²) in [5.74, 6) is -1.71. The summed E-state index contributed by atoms with van der Waals surface area (Å²) >= 11 is 0. The van der Waals surface area contributed by atoms with Gasteiger partial charge < -0.3 is 4.74 Å². The molecule has 0 amide bonds. The Hall–Kier alpha value is -1.52. The lowest BCUT2D eigenvalue weighted by Crippen LogP contribution is -2.15. The number of aromatic nitrogens is 2. The van der Waals surface area contributed by atoms with Gasteiger partial charge >= 0.3 is 5.97 Å². The topological polar surface area (TPSA) is 52.1 Å². The van der Waals surface area contributed by atoms with Gasteiger partial charge in [0.15, 0.2) is 0 Å². The molecule has 0 aliphatic carbocycles. The van der Waals surface area contributed by atoms with Crippen LogP contribution in [0.2, 0.25) is 0 Å². The lowest BCUT2D eigenvalue weighted by atomic mass is 10.5. The van der Waals surface area contributed by atoms with Crippen molar-refractivity contribution >= 4 is 5.97 Å². The highest BCUT2D eigenvalue weighted by Gasteiger charge is 2.12. The molecule has 0 spiro atoms. The van der Waals surface area contributed by atoms with Gasteiger partial charge in [0.05, 0.1) is 6.10 Å². The Kier molecular flexibility index (Phi) is 2.89. The van der Waals surface area contributed by atoms with E-state index >= 15 is 0 Å². The second-order valence-corrected chi connectivity index (χ2v) is 2.66. The zero-order valence-electron chi connectivity index (χ0n) is 7.32. The van der Waals surface area contributed by atoms with Crippen molar-refractivity contribution in [3.05, 3.63) is 24.0 Å². The van der Waals surface area contributed by atoms with E-state index in [9.17, 15) is 9.18 Å². The molecule has 0 aromatic carbocycles. The van der Waals surface area contributed by atoms with Gasteiger partial charge in [-0.1, -0.05) is 0 Å². The van der Waals surface area contributed by atoms with Crippen LogP contribution in [-0.2, 0) is 4.74 Å². The molecule has 0 unspecified atom stereocenters. The Morgan fingerprint density at radius 1 is 1.62 bits per heavy atom. The number of nitrogens with zero attached hydrogens (tertiary/aromatic N) is 2. The van der Waals surface area contributed by atoms with Gasteiger partial charge in [0, 0.05) is 12.3 Å². The van der Waals surface area contributed by atoms with Gasteiger partial charge in [-0.2, -0.15) is 9.37 Å². The molecule has 70 valence electrons. The van der Waals surface area contributed by atoms with Crippen molar-refractivity contribution in [2.75, 3.05) is 0 Å². The first-order valence-electron chi connectivity index (χ1n) is 3.79. The maximum atomic E-state index is 12.5. The Morgan fingerprint density at radius 2 is 2.31 bits per heavy atom.